The highest BCUT2D eigenvalue weighted by Gasteiger charge is 2.19. The first-order valence-corrected chi connectivity index (χ1v) is 4.66. The van der Waals surface area contributed by atoms with Gasteiger partial charge in [-0.2, -0.15) is 5.10 Å². The van der Waals surface area contributed by atoms with Gasteiger partial charge in [0, 0.05) is 16.5 Å². The monoisotopic (exact) mass is 190 g/mol. The fourth-order valence-electron chi connectivity index (χ4n) is 1.57. The van der Waals surface area contributed by atoms with E-state index in [0.717, 1.165) is 16.6 Å². The number of H-pyrrole nitrogens is 1. The molecule has 1 heterocycles. The summed E-state index contributed by atoms with van der Waals surface area (Å²) >= 11 is 0. The van der Waals surface area contributed by atoms with Gasteiger partial charge < -0.3 is 5.11 Å². The second-order valence-electron chi connectivity index (χ2n) is 4.55. The van der Waals surface area contributed by atoms with Crippen molar-refractivity contribution in [1.82, 2.24) is 10.2 Å². The van der Waals surface area contributed by atoms with Crippen LogP contribution in [0.2, 0.25) is 0 Å². The number of aromatic nitrogens is 2. The molecule has 0 unspecified atom stereocenters. The Kier molecular flexibility index (Phi) is 1.77. The third-order valence-corrected chi connectivity index (χ3v) is 2.29. The molecule has 14 heavy (non-hydrogen) atoms. The summed E-state index contributed by atoms with van der Waals surface area (Å²) < 4.78 is 0. The minimum Gasteiger partial charge on any atom is -0.508 e. The number of aromatic hydroxyl groups is 1. The zero-order valence-corrected chi connectivity index (χ0v) is 8.63. The molecule has 0 radical (unpaired) electrons. The summed E-state index contributed by atoms with van der Waals surface area (Å²) in [5.74, 6) is 0.282. The van der Waals surface area contributed by atoms with Crippen LogP contribution in [-0.2, 0) is 5.41 Å². The Labute approximate surface area is 82.8 Å². The molecule has 3 nitrogen and oxygen atoms in total. The average molecular weight is 190 g/mol. The molecule has 2 N–H and O–H groups in total. The molecule has 3 heteroatoms. The lowest BCUT2D eigenvalue weighted by Gasteiger charge is -2.16. The topological polar surface area (TPSA) is 48.9 Å². The van der Waals surface area contributed by atoms with Gasteiger partial charge in [0.25, 0.3) is 0 Å². The highest BCUT2D eigenvalue weighted by atomic mass is 16.3. The van der Waals surface area contributed by atoms with Crippen LogP contribution in [-0.4, -0.2) is 15.3 Å². The number of benzene rings is 1. The minimum atomic E-state index is 0.0164. The zero-order valence-electron chi connectivity index (χ0n) is 8.63. The Hall–Kier alpha value is -1.51. The highest BCUT2D eigenvalue weighted by molar-refractivity contribution is 5.83. The van der Waals surface area contributed by atoms with Crippen molar-refractivity contribution >= 4 is 10.9 Å². The summed E-state index contributed by atoms with van der Waals surface area (Å²) in [6, 6.07) is 5.21. The minimum absolute atomic E-state index is 0.0164. The van der Waals surface area contributed by atoms with Crippen LogP contribution in [0.4, 0.5) is 0 Å². The molecule has 2 rings (SSSR count). The molecule has 0 atom stereocenters. The summed E-state index contributed by atoms with van der Waals surface area (Å²) in [4.78, 5) is 0. The maximum absolute atomic E-state index is 9.40. The van der Waals surface area contributed by atoms with Crippen LogP contribution < -0.4 is 0 Å². The molecule has 1 aromatic carbocycles. The summed E-state index contributed by atoms with van der Waals surface area (Å²) in [5, 5.41) is 17.6. The number of nitrogens with zero attached hydrogens (tertiary/aromatic N) is 1. The summed E-state index contributed by atoms with van der Waals surface area (Å²) in [5.41, 5.74) is 1.97. The number of fused-ring (bicyclic) bond motifs is 1. The van der Waals surface area contributed by atoms with Gasteiger partial charge in [-0.05, 0) is 18.2 Å². The first-order valence-electron chi connectivity index (χ1n) is 4.66. The van der Waals surface area contributed by atoms with E-state index in [1.54, 1.807) is 12.1 Å². The fourth-order valence-corrected chi connectivity index (χ4v) is 1.57. The van der Waals surface area contributed by atoms with Crippen LogP contribution in [0.3, 0.4) is 0 Å². The molecule has 74 valence electrons. The first-order chi connectivity index (χ1) is 6.48. The maximum Gasteiger partial charge on any atom is 0.116 e. The molecule has 1 aromatic heterocycles. The van der Waals surface area contributed by atoms with Gasteiger partial charge in [0.1, 0.15) is 5.75 Å². The Morgan fingerprint density at radius 3 is 2.64 bits per heavy atom. The highest BCUT2D eigenvalue weighted by Crippen LogP contribution is 2.29. The lowest BCUT2D eigenvalue weighted by Crippen LogP contribution is -2.11. The fraction of sp³-hybridized carbons (Fsp3) is 0.364. The lowest BCUT2D eigenvalue weighted by molar-refractivity contribution is 0.476. The van der Waals surface area contributed by atoms with Crippen LogP contribution in [0.25, 0.3) is 10.9 Å². The van der Waals surface area contributed by atoms with Crippen molar-refractivity contribution in [2.75, 3.05) is 0 Å². The van der Waals surface area contributed by atoms with E-state index in [9.17, 15) is 5.11 Å². The average Bonchev–Trinajstić information content (AvgIpc) is 2.45. The maximum atomic E-state index is 9.40. The predicted octanol–water partition coefficient (Wildman–Crippen LogP) is 2.57. The van der Waals surface area contributed by atoms with Gasteiger partial charge in [-0.1, -0.05) is 20.8 Å². The standard InChI is InChI=1S/C11H14N2O/c1-11(2,3)10-8-6-7(14)4-5-9(8)12-13-10/h4-6,14H,1-3H3,(H,12,13). The number of hydrogen-bond donors (Lipinski definition) is 2. The van der Waals surface area contributed by atoms with Crippen molar-refractivity contribution < 1.29 is 5.11 Å². The van der Waals surface area contributed by atoms with Crippen LogP contribution in [0.15, 0.2) is 18.2 Å². The van der Waals surface area contributed by atoms with Gasteiger partial charge in [-0.25, -0.2) is 0 Å². The van der Waals surface area contributed by atoms with E-state index in [2.05, 4.69) is 31.0 Å². The Morgan fingerprint density at radius 1 is 1.29 bits per heavy atom. The Bertz CT molecular complexity index is 466. The molecule has 0 aliphatic heterocycles. The molecular weight excluding hydrogens is 176 g/mol. The molecule has 2 aromatic rings. The van der Waals surface area contributed by atoms with Crippen molar-refractivity contribution in [3.8, 4) is 5.75 Å². The molecule has 0 fully saturated rings. The summed E-state index contributed by atoms with van der Waals surface area (Å²) in [6.07, 6.45) is 0. The number of hydrogen-bond acceptors (Lipinski definition) is 2. The van der Waals surface area contributed by atoms with Gasteiger partial charge in [0.15, 0.2) is 0 Å². The third-order valence-electron chi connectivity index (χ3n) is 2.29. The number of phenols is 1. The lowest BCUT2D eigenvalue weighted by atomic mass is 9.90. The number of aromatic amines is 1. The Balaban J connectivity index is 2.73. The molecule has 0 amide bonds. The van der Waals surface area contributed by atoms with E-state index in [0.29, 0.717) is 0 Å². The van der Waals surface area contributed by atoms with Crippen LogP contribution in [0.5, 0.6) is 5.75 Å². The van der Waals surface area contributed by atoms with Gasteiger partial charge in [-0.3, -0.25) is 5.10 Å². The van der Waals surface area contributed by atoms with E-state index >= 15 is 0 Å². The molecular formula is C11H14N2O. The van der Waals surface area contributed by atoms with E-state index in [1.807, 2.05) is 6.07 Å². The second-order valence-corrected chi connectivity index (χ2v) is 4.55. The van der Waals surface area contributed by atoms with Crippen LogP contribution in [0.1, 0.15) is 26.5 Å². The van der Waals surface area contributed by atoms with Crippen molar-refractivity contribution in [2.24, 2.45) is 0 Å². The van der Waals surface area contributed by atoms with Gasteiger partial charge in [0.2, 0.25) is 0 Å². The van der Waals surface area contributed by atoms with Crippen LogP contribution >= 0.6 is 0 Å². The van der Waals surface area contributed by atoms with Gasteiger partial charge >= 0.3 is 0 Å². The molecule has 0 saturated heterocycles. The normalized spacial score (nSPS) is 12.2. The van der Waals surface area contributed by atoms with Crippen molar-refractivity contribution in [3.63, 3.8) is 0 Å². The van der Waals surface area contributed by atoms with E-state index in [4.69, 9.17) is 0 Å². The van der Waals surface area contributed by atoms with Crippen LogP contribution in [0, 0.1) is 0 Å². The van der Waals surface area contributed by atoms with E-state index < -0.39 is 0 Å². The molecule has 0 saturated carbocycles. The molecule has 0 aliphatic carbocycles. The Morgan fingerprint density at radius 2 is 2.00 bits per heavy atom. The van der Waals surface area contributed by atoms with Crippen molar-refractivity contribution in [3.05, 3.63) is 23.9 Å². The number of nitrogens with one attached hydrogen (secondary N) is 1. The summed E-state index contributed by atoms with van der Waals surface area (Å²) in [6.45, 7) is 6.35. The molecule has 0 aliphatic rings. The van der Waals surface area contributed by atoms with E-state index in [-0.39, 0.29) is 11.2 Å². The number of rotatable bonds is 0. The molecule has 0 bridgehead atoms. The smallest absolute Gasteiger partial charge is 0.116 e. The molecule has 0 spiro atoms. The van der Waals surface area contributed by atoms with Crippen molar-refractivity contribution in [2.45, 2.75) is 26.2 Å². The third kappa shape index (κ3) is 1.35. The second kappa shape index (κ2) is 2.74. The van der Waals surface area contributed by atoms with Gasteiger partial charge in [0.05, 0.1) is 5.52 Å². The van der Waals surface area contributed by atoms with Gasteiger partial charge in [-0.15, -0.1) is 0 Å². The zero-order chi connectivity index (χ0) is 10.3. The number of phenolic OH excluding ortho intramolecular Hbond substituents is 1. The van der Waals surface area contributed by atoms with E-state index in [1.165, 1.54) is 0 Å². The predicted molar refractivity (Wildman–Crippen MR) is 56.5 cm³/mol. The van der Waals surface area contributed by atoms with Crippen molar-refractivity contribution in [1.29, 1.82) is 0 Å². The largest absolute Gasteiger partial charge is 0.508 e. The quantitative estimate of drug-likeness (QED) is 0.670. The first kappa shape index (κ1) is 9.06. The SMILES string of the molecule is CC(C)(C)c1[nH]nc2ccc(O)cc12. The summed E-state index contributed by atoms with van der Waals surface area (Å²) in [7, 11) is 0.